The molecule has 0 saturated heterocycles. The van der Waals surface area contributed by atoms with Crippen LogP contribution in [0.15, 0.2) is 12.7 Å². The first-order valence-corrected chi connectivity index (χ1v) is 4.27. The van der Waals surface area contributed by atoms with Gasteiger partial charge in [0.25, 0.3) is 0 Å². The number of nitrogens with one attached hydrogen (secondary N) is 1. The van der Waals surface area contributed by atoms with Crippen molar-refractivity contribution in [3.8, 4) is 0 Å². The van der Waals surface area contributed by atoms with E-state index in [1.54, 1.807) is 6.08 Å². The largest absolute Gasteiger partial charge is 0.395 e. The van der Waals surface area contributed by atoms with Crippen molar-refractivity contribution in [2.45, 2.75) is 19.8 Å². The number of rotatable bonds is 6. The first-order valence-electron chi connectivity index (χ1n) is 4.27. The van der Waals surface area contributed by atoms with Crippen LogP contribution in [0.3, 0.4) is 0 Å². The Morgan fingerprint density at radius 3 is 2.83 bits per heavy atom. The van der Waals surface area contributed by atoms with Gasteiger partial charge < -0.3 is 10.4 Å². The Bertz CT molecular complexity index is 145. The second-order valence-electron chi connectivity index (χ2n) is 2.65. The van der Waals surface area contributed by atoms with Gasteiger partial charge in [-0.25, -0.2) is 0 Å². The molecule has 0 aromatic carbocycles. The van der Waals surface area contributed by atoms with Gasteiger partial charge in [-0.2, -0.15) is 0 Å². The monoisotopic (exact) mass is 171 g/mol. The SMILES string of the molecule is C=C[C@@H](CCC)C(=O)NCCO. The summed E-state index contributed by atoms with van der Waals surface area (Å²) in [5.74, 6) is -0.151. The minimum absolute atomic E-state index is 0.0122. The van der Waals surface area contributed by atoms with Crippen molar-refractivity contribution in [3.05, 3.63) is 12.7 Å². The summed E-state index contributed by atoms with van der Waals surface area (Å²) in [6.45, 7) is 5.92. The van der Waals surface area contributed by atoms with Crippen LogP contribution in [0, 0.1) is 5.92 Å². The summed E-state index contributed by atoms with van der Waals surface area (Å²) in [6.07, 6.45) is 3.43. The second-order valence-corrected chi connectivity index (χ2v) is 2.65. The summed E-state index contributed by atoms with van der Waals surface area (Å²) < 4.78 is 0. The van der Waals surface area contributed by atoms with Crippen LogP contribution in [0.25, 0.3) is 0 Å². The van der Waals surface area contributed by atoms with Crippen molar-refractivity contribution in [2.75, 3.05) is 13.2 Å². The highest BCUT2D eigenvalue weighted by atomic mass is 16.3. The lowest BCUT2D eigenvalue weighted by atomic mass is 10.0. The molecule has 3 nitrogen and oxygen atoms in total. The lowest BCUT2D eigenvalue weighted by Gasteiger charge is -2.10. The Labute approximate surface area is 73.5 Å². The van der Waals surface area contributed by atoms with Gasteiger partial charge >= 0.3 is 0 Å². The third-order valence-corrected chi connectivity index (χ3v) is 1.63. The molecule has 2 N–H and O–H groups in total. The number of hydrogen-bond acceptors (Lipinski definition) is 2. The zero-order chi connectivity index (χ0) is 9.40. The van der Waals surface area contributed by atoms with Gasteiger partial charge in [0, 0.05) is 6.54 Å². The average molecular weight is 171 g/mol. The molecule has 0 aliphatic heterocycles. The fraction of sp³-hybridized carbons (Fsp3) is 0.667. The topological polar surface area (TPSA) is 49.3 Å². The van der Waals surface area contributed by atoms with Gasteiger partial charge in [-0.3, -0.25) is 4.79 Å². The minimum Gasteiger partial charge on any atom is -0.395 e. The molecule has 0 aromatic heterocycles. The van der Waals surface area contributed by atoms with Gasteiger partial charge in [-0.15, -0.1) is 6.58 Å². The van der Waals surface area contributed by atoms with Gasteiger partial charge in [0.1, 0.15) is 0 Å². The van der Waals surface area contributed by atoms with Crippen molar-refractivity contribution < 1.29 is 9.90 Å². The molecule has 0 radical (unpaired) electrons. The summed E-state index contributed by atoms with van der Waals surface area (Å²) in [5.41, 5.74) is 0. The standard InChI is InChI=1S/C9H17NO2/c1-3-5-8(4-2)9(12)10-6-7-11/h4,8,11H,2-3,5-7H2,1H3,(H,10,12)/t8-/m0/s1. The summed E-state index contributed by atoms with van der Waals surface area (Å²) in [7, 11) is 0. The van der Waals surface area contributed by atoms with Crippen LogP contribution in [0.4, 0.5) is 0 Å². The minimum atomic E-state index is -0.110. The fourth-order valence-corrected chi connectivity index (χ4v) is 0.977. The Balaban J connectivity index is 3.77. The fourth-order valence-electron chi connectivity index (χ4n) is 0.977. The number of aliphatic hydroxyl groups is 1. The predicted molar refractivity (Wildman–Crippen MR) is 48.7 cm³/mol. The lowest BCUT2D eigenvalue weighted by Crippen LogP contribution is -2.31. The molecule has 0 bridgehead atoms. The summed E-state index contributed by atoms with van der Waals surface area (Å²) in [6, 6.07) is 0. The van der Waals surface area contributed by atoms with Crippen molar-refractivity contribution in [2.24, 2.45) is 5.92 Å². The van der Waals surface area contributed by atoms with E-state index in [0.717, 1.165) is 12.8 Å². The maximum absolute atomic E-state index is 11.2. The maximum Gasteiger partial charge on any atom is 0.226 e. The molecule has 0 aromatic rings. The number of carbonyl (C=O) groups is 1. The number of amides is 1. The molecule has 0 aliphatic carbocycles. The van der Waals surface area contributed by atoms with E-state index in [1.165, 1.54) is 0 Å². The highest BCUT2D eigenvalue weighted by molar-refractivity contribution is 5.80. The second kappa shape index (κ2) is 6.85. The molecule has 1 atom stereocenters. The predicted octanol–water partition coefficient (Wildman–Crippen LogP) is 0.697. The molecule has 0 fully saturated rings. The summed E-state index contributed by atoms with van der Waals surface area (Å²) in [4.78, 5) is 11.2. The normalized spacial score (nSPS) is 12.2. The van der Waals surface area contributed by atoms with Gasteiger partial charge in [0.2, 0.25) is 5.91 Å². The first kappa shape index (κ1) is 11.2. The molecular formula is C9H17NO2. The molecule has 0 rings (SSSR count). The maximum atomic E-state index is 11.2. The van der Waals surface area contributed by atoms with E-state index in [0.29, 0.717) is 6.54 Å². The first-order chi connectivity index (χ1) is 5.76. The Kier molecular flexibility index (Phi) is 6.38. The number of carbonyl (C=O) groups excluding carboxylic acids is 1. The van der Waals surface area contributed by atoms with Crippen LogP contribution >= 0.6 is 0 Å². The molecule has 3 heteroatoms. The van der Waals surface area contributed by atoms with E-state index >= 15 is 0 Å². The lowest BCUT2D eigenvalue weighted by molar-refractivity contribution is -0.123. The Hall–Kier alpha value is -0.830. The smallest absolute Gasteiger partial charge is 0.226 e. The van der Waals surface area contributed by atoms with E-state index < -0.39 is 0 Å². The molecule has 0 saturated carbocycles. The Morgan fingerprint density at radius 1 is 1.75 bits per heavy atom. The van der Waals surface area contributed by atoms with Crippen molar-refractivity contribution in [1.82, 2.24) is 5.32 Å². The number of hydrogen-bond donors (Lipinski definition) is 2. The molecule has 0 heterocycles. The molecule has 1 amide bonds. The van der Waals surface area contributed by atoms with Crippen LogP contribution in [-0.2, 0) is 4.79 Å². The summed E-state index contributed by atoms with van der Waals surface area (Å²) in [5, 5.41) is 11.1. The molecular weight excluding hydrogens is 154 g/mol. The van der Waals surface area contributed by atoms with Crippen LogP contribution in [0.1, 0.15) is 19.8 Å². The number of aliphatic hydroxyl groups excluding tert-OH is 1. The van der Waals surface area contributed by atoms with E-state index in [-0.39, 0.29) is 18.4 Å². The van der Waals surface area contributed by atoms with Gasteiger partial charge in [0.15, 0.2) is 0 Å². The van der Waals surface area contributed by atoms with Crippen LogP contribution in [0.2, 0.25) is 0 Å². The quantitative estimate of drug-likeness (QED) is 0.578. The van der Waals surface area contributed by atoms with E-state index in [1.807, 2.05) is 6.92 Å². The zero-order valence-corrected chi connectivity index (χ0v) is 7.55. The zero-order valence-electron chi connectivity index (χ0n) is 7.55. The van der Waals surface area contributed by atoms with E-state index in [2.05, 4.69) is 11.9 Å². The van der Waals surface area contributed by atoms with E-state index in [9.17, 15) is 4.79 Å². The molecule has 0 aliphatic rings. The highest BCUT2D eigenvalue weighted by Gasteiger charge is 2.11. The molecule has 0 spiro atoms. The van der Waals surface area contributed by atoms with Crippen molar-refractivity contribution in [3.63, 3.8) is 0 Å². The summed E-state index contributed by atoms with van der Waals surface area (Å²) >= 11 is 0. The van der Waals surface area contributed by atoms with Crippen LogP contribution < -0.4 is 5.32 Å². The van der Waals surface area contributed by atoms with Crippen molar-refractivity contribution >= 4 is 5.91 Å². The third kappa shape index (κ3) is 4.13. The van der Waals surface area contributed by atoms with Gasteiger partial charge in [-0.05, 0) is 6.42 Å². The van der Waals surface area contributed by atoms with Gasteiger partial charge in [0.05, 0.1) is 12.5 Å². The van der Waals surface area contributed by atoms with Crippen LogP contribution in [0.5, 0.6) is 0 Å². The average Bonchev–Trinajstić information content (AvgIpc) is 2.10. The third-order valence-electron chi connectivity index (χ3n) is 1.63. The van der Waals surface area contributed by atoms with Crippen molar-refractivity contribution in [1.29, 1.82) is 0 Å². The highest BCUT2D eigenvalue weighted by Crippen LogP contribution is 2.06. The molecule has 70 valence electrons. The Morgan fingerprint density at radius 2 is 2.42 bits per heavy atom. The van der Waals surface area contributed by atoms with Crippen LogP contribution in [-0.4, -0.2) is 24.2 Å². The molecule has 12 heavy (non-hydrogen) atoms. The molecule has 0 unspecified atom stereocenters. The van der Waals surface area contributed by atoms with E-state index in [4.69, 9.17) is 5.11 Å². The van der Waals surface area contributed by atoms with Gasteiger partial charge in [-0.1, -0.05) is 19.4 Å².